The zero-order chi connectivity index (χ0) is 20.6. The molecule has 0 radical (unpaired) electrons. The molecule has 160 valence electrons. The van der Waals surface area contributed by atoms with Crippen LogP contribution in [0.25, 0.3) is 0 Å². The maximum atomic E-state index is 9.39. The molecule has 0 heterocycles. The average Bonchev–Trinajstić information content (AvgIpc) is 2.71. The van der Waals surface area contributed by atoms with Crippen LogP contribution in [0, 0.1) is 0 Å². The summed E-state index contributed by atoms with van der Waals surface area (Å²) in [6.45, 7) is 1.44. The summed E-state index contributed by atoms with van der Waals surface area (Å²) in [6, 6.07) is 14.0. The van der Waals surface area contributed by atoms with Crippen molar-refractivity contribution in [1.82, 2.24) is 0 Å². The average molecular weight is 401 g/mol. The Kier molecular flexibility index (Phi) is 11.6. The van der Waals surface area contributed by atoms with Crippen LogP contribution in [0.3, 0.4) is 0 Å². The van der Waals surface area contributed by atoms with Gasteiger partial charge in [-0.3, -0.25) is 0 Å². The molecular weight excluding hydrogens is 364 g/mol. The molecule has 0 aliphatic heterocycles. The van der Waals surface area contributed by atoms with Crippen molar-refractivity contribution in [2.24, 2.45) is 0 Å². The van der Waals surface area contributed by atoms with Crippen molar-refractivity contribution in [3.8, 4) is 23.0 Å². The van der Waals surface area contributed by atoms with Gasteiger partial charge in [-0.1, -0.05) is 69.9 Å². The maximum absolute atomic E-state index is 9.39. The lowest BCUT2D eigenvalue weighted by Crippen LogP contribution is -1.97. The number of ether oxygens (including phenoxy) is 2. The Balaban J connectivity index is 1.30. The van der Waals surface area contributed by atoms with E-state index in [9.17, 15) is 10.2 Å². The quantitative estimate of drug-likeness (QED) is 0.303. The third-order valence-corrected chi connectivity index (χ3v) is 4.96. The van der Waals surface area contributed by atoms with Gasteiger partial charge in [-0.15, -0.1) is 0 Å². The van der Waals surface area contributed by atoms with E-state index in [1.54, 1.807) is 36.4 Å². The van der Waals surface area contributed by atoms with Crippen LogP contribution in [-0.4, -0.2) is 23.4 Å². The monoisotopic (exact) mass is 400 g/mol. The van der Waals surface area contributed by atoms with Gasteiger partial charge in [-0.05, 0) is 37.1 Å². The molecule has 29 heavy (non-hydrogen) atoms. The molecule has 0 spiro atoms. The predicted octanol–water partition coefficient (Wildman–Crippen LogP) is 6.85. The van der Waals surface area contributed by atoms with Gasteiger partial charge in [0, 0.05) is 12.1 Å². The fourth-order valence-corrected chi connectivity index (χ4v) is 3.32. The van der Waals surface area contributed by atoms with Crippen molar-refractivity contribution >= 4 is 0 Å². The summed E-state index contributed by atoms with van der Waals surface area (Å²) in [6.07, 6.45) is 13.7. The van der Waals surface area contributed by atoms with E-state index in [4.69, 9.17) is 9.47 Å². The van der Waals surface area contributed by atoms with Gasteiger partial charge in [0.25, 0.3) is 0 Å². The molecule has 2 rings (SSSR count). The lowest BCUT2D eigenvalue weighted by Gasteiger charge is -2.07. The Morgan fingerprint density at radius 1 is 0.483 bits per heavy atom. The Hall–Kier alpha value is -2.36. The first kappa shape index (κ1) is 22.9. The van der Waals surface area contributed by atoms with Crippen molar-refractivity contribution in [2.45, 2.75) is 70.6 Å². The third kappa shape index (κ3) is 11.3. The second-order valence-electron chi connectivity index (χ2n) is 7.58. The molecule has 0 unspecified atom stereocenters. The van der Waals surface area contributed by atoms with Gasteiger partial charge < -0.3 is 19.7 Å². The van der Waals surface area contributed by atoms with E-state index in [1.165, 1.54) is 57.8 Å². The molecule has 0 amide bonds. The molecule has 0 aliphatic rings. The van der Waals surface area contributed by atoms with Crippen LogP contribution in [0.5, 0.6) is 23.0 Å². The van der Waals surface area contributed by atoms with E-state index in [-0.39, 0.29) is 11.5 Å². The van der Waals surface area contributed by atoms with E-state index in [0.29, 0.717) is 0 Å². The van der Waals surface area contributed by atoms with Gasteiger partial charge in [0.15, 0.2) is 0 Å². The summed E-state index contributed by atoms with van der Waals surface area (Å²) in [5.74, 6) is 2.00. The first-order valence-corrected chi connectivity index (χ1v) is 11.1. The van der Waals surface area contributed by atoms with E-state index < -0.39 is 0 Å². The molecule has 4 heteroatoms. The molecule has 4 nitrogen and oxygen atoms in total. The maximum Gasteiger partial charge on any atom is 0.122 e. The molecule has 2 N–H and O–H groups in total. The number of benzene rings is 2. The topological polar surface area (TPSA) is 58.9 Å². The van der Waals surface area contributed by atoms with Crippen LogP contribution in [-0.2, 0) is 0 Å². The predicted molar refractivity (Wildman–Crippen MR) is 118 cm³/mol. The summed E-state index contributed by atoms with van der Waals surface area (Å²) in [7, 11) is 0. The van der Waals surface area contributed by atoms with Crippen molar-refractivity contribution in [1.29, 1.82) is 0 Å². The second-order valence-corrected chi connectivity index (χ2v) is 7.58. The van der Waals surface area contributed by atoms with Crippen molar-refractivity contribution < 1.29 is 19.7 Å². The van der Waals surface area contributed by atoms with Crippen molar-refractivity contribution in [3.05, 3.63) is 48.5 Å². The minimum atomic E-state index is 0.254. The van der Waals surface area contributed by atoms with Gasteiger partial charge in [0.2, 0.25) is 0 Å². The first-order chi connectivity index (χ1) is 14.2. The summed E-state index contributed by atoms with van der Waals surface area (Å²) >= 11 is 0. The Labute approximate surface area is 175 Å². The lowest BCUT2D eigenvalue weighted by atomic mass is 10.1. The Bertz CT molecular complexity index is 614. The number of aromatic hydroxyl groups is 2. The molecular formula is C25H36O4. The van der Waals surface area contributed by atoms with Gasteiger partial charge >= 0.3 is 0 Å². The normalized spacial score (nSPS) is 10.8. The van der Waals surface area contributed by atoms with Crippen LogP contribution in [0.1, 0.15) is 70.6 Å². The molecule has 0 aliphatic carbocycles. The van der Waals surface area contributed by atoms with Crippen LogP contribution < -0.4 is 9.47 Å². The number of phenols is 2. The standard InChI is InChI=1S/C25H36O4/c26-22-14-12-16-24(20-22)28-18-10-8-6-4-2-1-3-5-7-9-11-19-29-25-17-13-15-23(27)21-25/h12-17,20-21,26-27H,1-11,18-19H2. The van der Waals surface area contributed by atoms with Crippen molar-refractivity contribution in [2.75, 3.05) is 13.2 Å². The zero-order valence-corrected chi connectivity index (χ0v) is 17.5. The van der Waals surface area contributed by atoms with Crippen LogP contribution in [0.4, 0.5) is 0 Å². The highest BCUT2D eigenvalue weighted by molar-refractivity contribution is 5.32. The zero-order valence-electron chi connectivity index (χ0n) is 17.5. The van der Waals surface area contributed by atoms with E-state index in [1.807, 2.05) is 12.1 Å². The molecule has 2 aromatic carbocycles. The molecule has 0 bridgehead atoms. The van der Waals surface area contributed by atoms with Crippen LogP contribution in [0.15, 0.2) is 48.5 Å². The van der Waals surface area contributed by atoms with E-state index >= 15 is 0 Å². The molecule has 0 atom stereocenters. The smallest absolute Gasteiger partial charge is 0.122 e. The molecule has 0 saturated carbocycles. The van der Waals surface area contributed by atoms with E-state index in [2.05, 4.69) is 0 Å². The van der Waals surface area contributed by atoms with Gasteiger partial charge in [-0.25, -0.2) is 0 Å². The highest BCUT2D eigenvalue weighted by atomic mass is 16.5. The van der Waals surface area contributed by atoms with Crippen LogP contribution in [0.2, 0.25) is 0 Å². The minimum Gasteiger partial charge on any atom is -0.508 e. The Morgan fingerprint density at radius 3 is 1.17 bits per heavy atom. The van der Waals surface area contributed by atoms with Crippen LogP contribution >= 0.6 is 0 Å². The summed E-state index contributed by atoms with van der Waals surface area (Å²) < 4.78 is 11.3. The number of hydrogen-bond acceptors (Lipinski definition) is 4. The first-order valence-electron chi connectivity index (χ1n) is 11.1. The molecule has 0 aromatic heterocycles. The van der Waals surface area contributed by atoms with Gasteiger partial charge in [0.05, 0.1) is 13.2 Å². The fourth-order valence-electron chi connectivity index (χ4n) is 3.32. The summed E-state index contributed by atoms with van der Waals surface area (Å²) in [5.41, 5.74) is 0. The number of rotatable bonds is 16. The molecule has 2 aromatic rings. The largest absolute Gasteiger partial charge is 0.508 e. The van der Waals surface area contributed by atoms with Crippen molar-refractivity contribution in [3.63, 3.8) is 0 Å². The fraction of sp³-hybridized carbons (Fsp3) is 0.520. The minimum absolute atomic E-state index is 0.254. The summed E-state index contributed by atoms with van der Waals surface area (Å²) in [4.78, 5) is 0. The lowest BCUT2D eigenvalue weighted by molar-refractivity contribution is 0.302. The second kappa shape index (κ2) is 14.6. The van der Waals surface area contributed by atoms with Gasteiger partial charge in [-0.2, -0.15) is 0 Å². The number of phenolic OH excluding ortho intramolecular Hbond substituents is 2. The SMILES string of the molecule is Oc1cccc(OCCCCCCCCCCCCCOc2cccc(O)c2)c1. The van der Waals surface area contributed by atoms with E-state index in [0.717, 1.165) is 37.6 Å². The highest BCUT2D eigenvalue weighted by Gasteiger charge is 1.98. The van der Waals surface area contributed by atoms with Gasteiger partial charge in [0.1, 0.15) is 23.0 Å². The summed E-state index contributed by atoms with van der Waals surface area (Å²) in [5, 5.41) is 18.8. The molecule has 0 fully saturated rings. The third-order valence-electron chi connectivity index (χ3n) is 4.96. The molecule has 0 saturated heterocycles. The Morgan fingerprint density at radius 2 is 0.828 bits per heavy atom. The number of hydrogen-bond donors (Lipinski definition) is 2. The number of unbranched alkanes of at least 4 members (excludes halogenated alkanes) is 10. The highest BCUT2D eigenvalue weighted by Crippen LogP contribution is 2.19.